The number of aliphatic hydroxyl groups is 2. The van der Waals surface area contributed by atoms with Crippen LogP contribution in [0.3, 0.4) is 0 Å². The van der Waals surface area contributed by atoms with E-state index < -0.39 is 35.4 Å². The van der Waals surface area contributed by atoms with Gasteiger partial charge in [-0.1, -0.05) is 11.6 Å². The lowest BCUT2D eigenvalue weighted by Crippen LogP contribution is -2.46. The van der Waals surface area contributed by atoms with Gasteiger partial charge in [-0.15, -0.1) is 5.10 Å². The Morgan fingerprint density at radius 2 is 2.26 bits per heavy atom. The Balaban J connectivity index is 2.29. The van der Waals surface area contributed by atoms with Crippen molar-refractivity contribution in [2.45, 2.75) is 22.9 Å². The van der Waals surface area contributed by atoms with Crippen LogP contribution in [-0.4, -0.2) is 53.9 Å². The molecule has 3 heterocycles. The maximum atomic E-state index is 15.0. The summed E-state index contributed by atoms with van der Waals surface area (Å²) in [6.07, 6.45) is -3.39. The van der Waals surface area contributed by atoms with Crippen LogP contribution in [0.15, 0.2) is 12.1 Å². The number of aromatic hydroxyl groups is 1. The largest absolute Gasteiger partial charge is 0.492 e. The van der Waals surface area contributed by atoms with Crippen molar-refractivity contribution in [2.75, 3.05) is 12.3 Å². The summed E-state index contributed by atoms with van der Waals surface area (Å²) in [5.74, 6) is -0.829. The van der Waals surface area contributed by atoms with Crippen LogP contribution in [0.25, 0.3) is 5.52 Å². The number of alkyl halides is 2. The first-order valence-electron chi connectivity index (χ1n) is 6.39. The lowest BCUT2D eigenvalue weighted by Gasteiger charge is -2.28. The number of nitrogen functional groups attached to an aromatic ring is 1. The van der Waals surface area contributed by atoms with Gasteiger partial charge in [0.2, 0.25) is 17.4 Å². The van der Waals surface area contributed by atoms with E-state index in [-0.39, 0.29) is 17.2 Å². The monoisotopic (exact) mass is 343 g/mol. The molecule has 4 atom stereocenters. The zero-order valence-corrected chi connectivity index (χ0v) is 12.1. The van der Waals surface area contributed by atoms with E-state index in [1.807, 2.05) is 0 Å². The third-order valence-corrected chi connectivity index (χ3v) is 4.22. The number of anilines is 1. The van der Waals surface area contributed by atoms with Gasteiger partial charge in [0.15, 0.2) is 0 Å². The predicted molar refractivity (Wildman–Crippen MR) is 74.0 cm³/mol. The molecule has 2 unspecified atom stereocenters. The number of ether oxygens (including phenoxy) is 1. The second kappa shape index (κ2) is 4.90. The van der Waals surface area contributed by atoms with Gasteiger partial charge in [0, 0.05) is 0 Å². The molecule has 3 rings (SSSR count). The Morgan fingerprint density at radius 1 is 1.57 bits per heavy atom. The van der Waals surface area contributed by atoms with Crippen LogP contribution < -0.4 is 5.73 Å². The fourth-order valence-corrected chi connectivity index (χ4v) is 2.93. The Morgan fingerprint density at radius 3 is 2.83 bits per heavy atom. The van der Waals surface area contributed by atoms with Crippen LogP contribution in [0, 0.1) is 11.3 Å². The van der Waals surface area contributed by atoms with E-state index in [0.29, 0.717) is 0 Å². The maximum absolute atomic E-state index is 15.0. The Bertz CT molecular complexity index is 822. The van der Waals surface area contributed by atoms with Crippen molar-refractivity contribution in [3.8, 4) is 11.9 Å². The summed E-state index contributed by atoms with van der Waals surface area (Å²) in [5, 5.41) is 39.1. The van der Waals surface area contributed by atoms with Crippen molar-refractivity contribution in [1.29, 1.82) is 5.26 Å². The minimum Gasteiger partial charge on any atom is -0.492 e. The van der Waals surface area contributed by atoms with Crippen molar-refractivity contribution in [2.24, 2.45) is 0 Å². The van der Waals surface area contributed by atoms with Crippen LogP contribution in [0.5, 0.6) is 5.88 Å². The summed E-state index contributed by atoms with van der Waals surface area (Å²) in [4.78, 5) is 3.53. The molecule has 5 N–H and O–H groups in total. The highest BCUT2D eigenvalue weighted by atomic mass is 35.5. The van der Waals surface area contributed by atoms with Crippen LogP contribution in [-0.2, 0) is 10.3 Å². The van der Waals surface area contributed by atoms with E-state index in [9.17, 15) is 25.0 Å². The van der Waals surface area contributed by atoms with Gasteiger partial charge < -0.3 is 25.8 Å². The van der Waals surface area contributed by atoms with E-state index in [0.717, 1.165) is 4.52 Å². The zero-order valence-electron chi connectivity index (χ0n) is 11.4. The number of nitrogens with two attached hydrogens (primary N) is 1. The van der Waals surface area contributed by atoms with Crippen LogP contribution in [0.1, 0.15) is 5.69 Å². The quantitative estimate of drug-likeness (QED) is 0.527. The first-order chi connectivity index (χ1) is 10.8. The maximum Gasteiger partial charge on any atom is 0.259 e. The van der Waals surface area contributed by atoms with Gasteiger partial charge in [0.05, 0.1) is 12.3 Å². The molecule has 1 fully saturated rings. The summed E-state index contributed by atoms with van der Waals surface area (Å²) in [6, 6.07) is 4.13. The molecule has 23 heavy (non-hydrogen) atoms. The summed E-state index contributed by atoms with van der Waals surface area (Å²) < 4.78 is 21.1. The van der Waals surface area contributed by atoms with Gasteiger partial charge >= 0.3 is 0 Å². The number of nitriles is 1. The minimum atomic E-state index is -3.07. The Kier molecular flexibility index (Phi) is 3.35. The van der Waals surface area contributed by atoms with Gasteiger partial charge in [-0.2, -0.15) is 10.2 Å². The molecule has 11 heteroatoms. The number of nitrogens with zero attached hydrogens (tertiary/aromatic N) is 4. The molecule has 0 spiro atoms. The molecule has 1 aliphatic heterocycles. The van der Waals surface area contributed by atoms with Crippen LogP contribution >= 0.6 is 11.6 Å². The molecule has 2 aromatic heterocycles. The average molecular weight is 344 g/mol. The molecular formula is C12H11ClFN5O4. The fourth-order valence-electron chi connectivity index (χ4n) is 2.60. The van der Waals surface area contributed by atoms with Gasteiger partial charge in [0.1, 0.15) is 23.8 Å². The number of aliphatic hydroxyl groups excluding tert-OH is 2. The van der Waals surface area contributed by atoms with E-state index in [1.165, 1.54) is 12.1 Å². The number of hydrogen-bond acceptors (Lipinski definition) is 8. The molecule has 2 aromatic rings. The second-order valence-corrected chi connectivity index (χ2v) is 5.56. The van der Waals surface area contributed by atoms with Gasteiger partial charge in [0.25, 0.3) is 5.13 Å². The molecule has 1 aliphatic rings. The lowest BCUT2D eigenvalue weighted by molar-refractivity contribution is -0.0603. The fraction of sp³-hybridized carbons (Fsp3) is 0.417. The first-order valence-corrected chi connectivity index (χ1v) is 6.77. The normalized spacial score (nSPS) is 33.9. The first kappa shape index (κ1) is 15.7. The number of hydrogen-bond donors (Lipinski definition) is 4. The summed E-state index contributed by atoms with van der Waals surface area (Å²) in [6.45, 7) is -0.755. The standard InChI is InChI=1S/C12H11ClFN5O4/c13-12(14)8(21)6(3-20)23-11(12,4-15)7-2-1-5-9(22)17-10(16)18-19(5)7/h1-2,6,8,20-21H,3H2,(H3,16,17,18,22)/t6-,8?,11+,12?/m1/s1. The van der Waals surface area contributed by atoms with Crippen LogP contribution in [0.2, 0.25) is 0 Å². The highest BCUT2D eigenvalue weighted by Crippen LogP contribution is 2.52. The zero-order chi connectivity index (χ0) is 17.0. The number of aromatic nitrogens is 3. The van der Waals surface area contributed by atoms with Crippen LogP contribution in [0.4, 0.5) is 10.3 Å². The van der Waals surface area contributed by atoms with E-state index in [1.54, 1.807) is 6.07 Å². The van der Waals surface area contributed by atoms with E-state index in [2.05, 4.69) is 10.1 Å². The summed E-state index contributed by atoms with van der Waals surface area (Å²) >= 11 is 5.76. The van der Waals surface area contributed by atoms with Crippen molar-refractivity contribution in [1.82, 2.24) is 14.6 Å². The summed E-state index contributed by atoms with van der Waals surface area (Å²) in [5.41, 5.74) is 2.77. The Labute approximate surface area is 133 Å². The molecular weight excluding hydrogens is 333 g/mol. The number of halogens is 2. The molecule has 0 saturated carbocycles. The third kappa shape index (κ3) is 1.88. The topological polar surface area (TPSA) is 150 Å². The highest BCUT2D eigenvalue weighted by Gasteiger charge is 2.69. The minimum absolute atomic E-state index is 0.0295. The lowest BCUT2D eigenvalue weighted by atomic mass is 9.93. The number of fused-ring (bicyclic) bond motifs is 1. The smallest absolute Gasteiger partial charge is 0.259 e. The average Bonchev–Trinajstić information content (AvgIpc) is 2.99. The van der Waals surface area contributed by atoms with Crippen molar-refractivity contribution in [3.05, 3.63) is 17.8 Å². The number of rotatable bonds is 2. The Hall–Kier alpha value is -2.19. The molecule has 122 valence electrons. The molecule has 0 aliphatic carbocycles. The van der Waals surface area contributed by atoms with Crippen molar-refractivity contribution in [3.63, 3.8) is 0 Å². The molecule has 0 radical (unpaired) electrons. The molecule has 1 saturated heterocycles. The SMILES string of the molecule is N#C[C@@]1(c2ccc3c(O)nc(N)nn23)O[C@H](CO)C(O)C1(F)Cl. The van der Waals surface area contributed by atoms with E-state index in [4.69, 9.17) is 22.1 Å². The molecule has 0 amide bonds. The second-order valence-electron chi connectivity index (χ2n) is 5.01. The van der Waals surface area contributed by atoms with Gasteiger partial charge in [-0.05, 0) is 12.1 Å². The van der Waals surface area contributed by atoms with Gasteiger partial charge in [-0.25, -0.2) is 8.91 Å². The van der Waals surface area contributed by atoms with E-state index >= 15 is 0 Å². The summed E-state index contributed by atoms with van der Waals surface area (Å²) in [7, 11) is 0. The molecule has 0 aromatic carbocycles. The predicted octanol–water partition coefficient (Wildman–Crippen LogP) is -0.607. The van der Waals surface area contributed by atoms with Crippen molar-refractivity contribution >= 4 is 23.1 Å². The van der Waals surface area contributed by atoms with Crippen molar-refractivity contribution < 1.29 is 24.4 Å². The van der Waals surface area contributed by atoms with Gasteiger partial charge in [-0.3, -0.25) is 0 Å². The molecule has 0 bridgehead atoms. The third-order valence-electron chi connectivity index (χ3n) is 3.73. The highest BCUT2D eigenvalue weighted by molar-refractivity contribution is 6.24. The molecule has 9 nitrogen and oxygen atoms in total.